The number of hydrogen-bond acceptors (Lipinski definition) is 8. The minimum atomic E-state index is -1.08. The Morgan fingerprint density at radius 2 is 1.02 bits per heavy atom. The molecule has 5 rings (SSSR count). The Kier molecular flexibility index (Phi) is 11.0. The molecule has 0 amide bonds. The molecule has 2 saturated carbocycles. The molecule has 1 aromatic carbocycles. The molecule has 8 nitrogen and oxygen atoms in total. The minimum Gasteiger partial charge on any atom is -0.459 e. The number of hydroxylamine groups is 4. The standard InChI is InChI=1S/C38H62N2O6/c1-35(2)23-31(24-36(3,4)39(35)45-29-15-11-9-12-16-29)43-33(41)27-19-21-28(22-20-27)34(42)44-32-25-37(5,6)40(38(7,8)26-32)46-30-17-13-10-14-18-30/h19-22,29-33,41H,9-18,23-26H2,1-8H3. The molecular weight excluding hydrogens is 580 g/mol. The van der Waals surface area contributed by atoms with Crippen molar-refractivity contribution in [2.45, 2.75) is 198 Å². The lowest BCUT2D eigenvalue weighted by Gasteiger charge is -2.54. The first-order valence-electron chi connectivity index (χ1n) is 18.1. The van der Waals surface area contributed by atoms with Gasteiger partial charge in [0, 0.05) is 40.6 Å². The van der Waals surface area contributed by atoms with Crippen molar-refractivity contribution in [3.05, 3.63) is 35.4 Å². The molecule has 8 heteroatoms. The van der Waals surface area contributed by atoms with Crippen molar-refractivity contribution in [3.63, 3.8) is 0 Å². The highest BCUT2D eigenvalue weighted by atomic mass is 16.7. The van der Waals surface area contributed by atoms with Crippen LogP contribution in [-0.4, -0.2) is 67.8 Å². The molecule has 1 unspecified atom stereocenters. The van der Waals surface area contributed by atoms with E-state index in [0.717, 1.165) is 38.5 Å². The highest BCUT2D eigenvalue weighted by Crippen LogP contribution is 2.43. The number of aliphatic hydroxyl groups is 1. The van der Waals surface area contributed by atoms with Gasteiger partial charge in [0.05, 0.1) is 23.9 Å². The van der Waals surface area contributed by atoms with E-state index >= 15 is 0 Å². The van der Waals surface area contributed by atoms with E-state index in [1.54, 1.807) is 24.3 Å². The van der Waals surface area contributed by atoms with E-state index in [2.05, 4.69) is 65.5 Å². The first-order valence-corrected chi connectivity index (χ1v) is 18.1. The summed E-state index contributed by atoms with van der Waals surface area (Å²) in [4.78, 5) is 26.5. The topological polar surface area (TPSA) is 80.7 Å². The molecule has 2 aliphatic heterocycles. The molecule has 0 aromatic heterocycles. The van der Waals surface area contributed by atoms with Gasteiger partial charge in [-0.3, -0.25) is 9.68 Å². The Bertz CT molecular complexity index is 1120. The lowest BCUT2D eigenvalue weighted by Crippen LogP contribution is -2.63. The number of benzene rings is 1. The fourth-order valence-corrected chi connectivity index (χ4v) is 9.00. The minimum absolute atomic E-state index is 0.129. The summed E-state index contributed by atoms with van der Waals surface area (Å²) in [5.74, 6) is -0.339. The van der Waals surface area contributed by atoms with E-state index in [-0.39, 0.29) is 52.5 Å². The number of aliphatic hydroxyl groups excluding tert-OH is 1. The molecule has 2 heterocycles. The van der Waals surface area contributed by atoms with Crippen LogP contribution in [0.1, 0.15) is 167 Å². The van der Waals surface area contributed by atoms with Crippen molar-refractivity contribution < 1.29 is 29.0 Å². The van der Waals surface area contributed by atoms with Crippen molar-refractivity contribution in [1.29, 1.82) is 0 Å². The zero-order valence-electron chi connectivity index (χ0n) is 30.0. The predicted molar refractivity (Wildman–Crippen MR) is 180 cm³/mol. The van der Waals surface area contributed by atoms with Gasteiger partial charge in [0.25, 0.3) is 0 Å². The quantitative estimate of drug-likeness (QED) is 0.212. The monoisotopic (exact) mass is 642 g/mol. The second-order valence-corrected chi connectivity index (χ2v) is 17.1. The molecule has 1 aromatic rings. The number of esters is 1. The van der Waals surface area contributed by atoms with Crippen LogP contribution in [0.4, 0.5) is 0 Å². The molecule has 1 N–H and O–H groups in total. The van der Waals surface area contributed by atoms with Gasteiger partial charge in [-0.05, 0) is 106 Å². The van der Waals surface area contributed by atoms with Gasteiger partial charge in [-0.2, -0.15) is 10.1 Å². The van der Waals surface area contributed by atoms with Gasteiger partial charge in [0.2, 0.25) is 0 Å². The maximum atomic E-state index is 13.3. The van der Waals surface area contributed by atoms with E-state index in [1.165, 1.54) is 38.5 Å². The van der Waals surface area contributed by atoms with Crippen LogP contribution in [0.15, 0.2) is 24.3 Å². The molecule has 46 heavy (non-hydrogen) atoms. The van der Waals surface area contributed by atoms with E-state index in [9.17, 15) is 9.90 Å². The van der Waals surface area contributed by atoms with Crippen LogP contribution in [0.3, 0.4) is 0 Å². The molecule has 4 fully saturated rings. The summed E-state index contributed by atoms with van der Waals surface area (Å²) in [6.07, 6.45) is 14.0. The average Bonchev–Trinajstić information content (AvgIpc) is 2.97. The fraction of sp³-hybridized carbons (Fsp3) is 0.816. The predicted octanol–water partition coefficient (Wildman–Crippen LogP) is 8.42. The van der Waals surface area contributed by atoms with Gasteiger partial charge < -0.3 is 14.6 Å². The number of ether oxygens (including phenoxy) is 2. The van der Waals surface area contributed by atoms with Crippen molar-refractivity contribution in [1.82, 2.24) is 10.1 Å². The summed E-state index contributed by atoms with van der Waals surface area (Å²) in [7, 11) is 0. The van der Waals surface area contributed by atoms with E-state index in [4.69, 9.17) is 19.1 Å². The molecule has 1 atom stereocenters. The smallest absolute Gasteiger partial charge is 0.338 e. The zero-order valence-corrected chi connectivity index (χ0v) is 30.0. The largest absolute Gasteiger partial charge is 0.459 e. The van der Waals surface area contributed by atoms with Crippen LogP contribution >= 0.6 is 0 Å². The van der Waals surface area contributed by atoms with Crippen LogP contribution in [0, 0.1) is 0 Å². The second-order valence-electron chi connectivity index (χ2n) is 17.1. The summed E-state index contributed by atoms with van der Waals surface area (Å²) < 4.78 is 12.3. The SMILES string of the molecule is CC1(C)CC(OC(=O)c2ccc(C(O)OC3CC(C)(C)N(OC4CCCCC4)C(C)(C)C3)cc2)CC(C)(C)N1OC1CCCCC1. The number of carbonyl (C=O) groups is 1. The normalized spacial score (nSPS) is 27.3. The molecule has 0 radical (unpaired) electrons. The number of nitrogens with zero attached hydrogens (tertiary/aromatic N) is 2. The van der Waals surface area contributed by atoms with Crippen LogP contribution in [0.2, 0.25) is 0 Å². The van der Waals surface area contributed by atoms with E-state index < -0.39 is 6.29 Å². The van der Waals surface area contributed by atoms with Crippen LogP contribution in [0.5, 0.6) is 0 Å². The Morgan fingerprint density at radius 1 is 0.630 bits per heavy atom. The third-order valence-corrected chi connectivity index (χ3v) is 10.7. The van der Waals surface area contributed by atoms with Gasteiger partial charge >= 0.3 is 5.97 Å². The zero-order chi connectivity index (χ0) is 33.3. The third-order valence-electron chi connectivity index (χ3n) is 10.7. The van der Waals surface area contributed by atoms with Gasteiger partial charge in [-0.25, -0.2) is 4.79 Å². The number of carbonyl (C=O) groups excluding carboxylic acids is 1. The van der Waals surface area contributed by atoms with E-state index in [1.807, 2.05) is 0 Å². The van der Waals surface area contributed by atoms with Crippen LogP contribution in [0.25, 0.3) is 0 Å². The molecular formula is C38H62N2O6. The Hall–Kier alpha value is -1.55. The van der Waals surface area contributed by atoms with Crippen molar-refractivity contribution in [3.8, 4) is 0 Å². The highest BCUT2D eigenvalue weighted by Gasteiger charge is 2.50. The van der Waals surface area contributed by atoms with Crippen LogP contribution in [-0.2, 0) is 19.1 Å². The summed E-state index contributed by atoms with van der Waals surface area (Å²) in [6, 6.07) is 7.01. The Labute approximate surface area is 278 Å². The van der Waals surface area contributed by atoms with Gasteiger partial charge in [0.15, 0.2) is 6.29 Å². The maximum Gasteiger partial charge on any atom is 0.338 e. The lowest BCUT2D eigenvalue weighted by atomic mass is 9.80. The summed E-state index contributed by atoms with van der Waals surface area (Å²) >= 11 is 0. The molecule has 4 aliphatic rings. The van der Waals surface area contributed by atoms with E-state index in [0.29, 0.717) is 24.0 Å². The van der Waals surface area contributed by atoms with Crippen molar-refractivity contribution >= 4 is 5.97 Å². The first-order chi connectivity index (χ1) is 21.6. The molecule has 260 valence electrons. The van der Waals surface area contributed by atoms with Crippen molar-refractivity contribution in [2.24, 2.45) is 0 Å². The molecule has 0 bridgehead atoms. The highest BCUT2D eigenvalue weighted by molar-refractivity contribution is 5.89. The van der Waals surface area contributed by atoms with Gasteiger partial charge in [-0.15, -0.1) is 0 Å². The number of hydrogen-bond donors (Lipinski definition) is 1. The summed E-state index contributed by atoms with van der Waals surface area (Å²) in [5, 5.41) is 15.5. The Balaban J connectivity index is 1.15. The fourth-order valence-electron chi connectivity index (χ4n) is 9.00. The third kappa shape index (κ3) is 8.53. The summed E-state index contributed by atoms with van der Waals surface area (Å²) in [6.45, 7) is 17.6. The van der Waals surface area contributed by atoms with Gasteiger partial charge in [-0.1, -0.05) is 50.7 Å². The Morgan fingerprint density at radius 3 is 1.43 bits per heavy atom. The molecule has 2 saturated heterocycles. The molecule has 2 aliphatic carbocycles. The average molecular weight is 643 g/mol. The maximum absolute atomic E-state index is 13.3. The lowest BCUT2D eigenvalue weighted by molar-refractivity contribution is -0.325. The molecule has 0 spiro atoms. The number of piperidine rings is 2. The van der Waals surface area contributed by atoms with Crippen LogP contribution < -0.4 is 0 Å². The van der Waals surface area contributed by atoms with Gasteiger partial charge in [0.1, 0.15) is 6.10 Å². The number of rotatable bonds is 9. The summed E-state index contributed by atoms with van der Waals surface area (Å²) in [5.41, 5.74) is 0.0936. The first kappa shape index (κ1) is 35.7. The second kappa shape index (κ2) is 14.1. The van der Waals surface area contributed by atoms with Crippen molar-refractivity contribution in [2.75, 3.05) is 0 Å².